The summed E-state index contributed by atoms with van der Waals surface area (Å²) in [5, 5.41) is 12.5. The van der Waals surface area contributed by atoms with Crippen LogP contribution in [0.25, 0.3) is 0 Å². The van der Waals surface area contributed by atoms with Crippen molar-refractivity contribution in [3.8, 4) is 6.07 Å². The molecule has 3 rings (SSSR count). The molecule has 1 unspecified atom stereocenters. The van der Waals surface area contributed by atoms with Crippen molar-refractivity contribution in [1.82, 2.24) is 9.88 Å². The highest BCUT2D eigenvalue weighted by molar-refractivity contribution is 5.56. The Kier molecular flexibility index (Phi) is 4.17. The Labute approximate surface area is 132 Å². The van der Waals surface area contributed by atoms with Gasteiger partial charge in [-0.1, -0.05) is 18.2 Å². The average molecular weight is 294 g/mol. The number of hydrogen-bond acceptors (Lipinski definition) is 3. The Bertz CT molecular complexity index is 695. The van der Waals surface area contributed by atoms with Gasteiger partial charge < -0.3 is 14.8 Å². The van der Waals surface area contributed by atoms with Gasteiger partial charge in [0.15, 0.2) is 0 Å². The second kappa shape index (κ2) is 6.25. The molecule has 2 heterocycles. The van der Waals surface area contributed by atoms with Crippen molar-refractivity contribution in [2.45, 2.75) is 18.9 Å². The first-order chi connectivity index (χ1) is 10.7. The lowest BCUT2D eigenvalue weighted by atomic mass is 9.90. The van der Waals surface area contributed by atoms with E-state index in [4.69, 9.17) is 5.26 Å². The van der Waals surface area contributed by atoms with Crippen molar-refractivity contribution in [3.63, 3.8) is 0 Å². The van der Waals surface area contributed by atoms with Crippen molar-refractivity contribution < 1.29 is 0 Å². The van der Waals surface area contributed by atoms with Crippen LogP contribution in [-0.2, 0) is 13.6 Å². The number of aryl methyl sites for hydroxylation is 1. The SMILES string of the molecule is CN1CCC(CNCc2cc(C#N)n(C)c2)c2ccccc21. The van der Waals surface area contributed by atoms with Crippen LogP contribution in [0.3, 0.4) is 0 Å². The number of para-hydroxylation sites is 1. The molecule has 114 valence electrons. The molecular weight excluding hydrogens is 272 g/mol. The summed E-state index contributed by atoms with van der Waals surface area (Å²) in [4.78, 5) is 2.34. The smallest absolute Gasteiger partial charge is 0.120 e. The van der Waals surface area contributed by atoms with Crippen LogP contribution in [0, 0.1) is 11.3 Å². The zero-order chi connectivity index (χ0) is 15.5. The van der Waals surface area contributed by atoms with Gasteiger partial charge >= 0.3 is 0 Å². The molecule has 0 spiro atoms. The highest BCUT2D eigenvalue weighted by Gasteiger charge is 2.22. The molecule has 0 amide bonds. The summed E-state index contributed by atoms with van der Waals surface area (Å²) in [6, 6.07) is 12.8. The number of aromatic nitrogens is 1. The van der Waals surface area contributed by atoms with Crippen LogP contribution in [0.2, 0.25) is 0 Å². The highest BCUT2D eigenvalue weighted by atomic mass is 15.1. The Morgan fingerprint density at radius 3 is 2.91 bits per heavy atom. The molecule has 22 heavy (non-hydrogen) atoms. The predicted octanol–water partition coefficient (Wildman–Crippen LogP) is 2.61. The molecule has 1 N–H and O–H groups in total. The van der Waals surface area contributed by atoms with Crippen LogP contribution in [-0.4, -0.2) is 24.7 Å². The van der Waals surface area contributed by atoms with Crippen molar-refractivity contribution >= 4 is 5.69 Å². The van der Waals surface area contributed by atoms with Crippen LogP contribution in [0.5, 0.6) is 0 Å². The standard InChI is InChI=1S/C18H22N4/c1-21-8-7-15(17-5-3-4-6-18(17)21)12-20-11-14-9-16(10-19)22(2)13-14/h3-6,9,13,15,20H,7-8,11-12H2,1-2H3. The fraction of sp³-hybridized carbons (Fsp3) is 0.389. The number of nitriles is 1. The number of nitrogens with zero attached hydrogens (tertiary/aromatic N) is 3. The minimum absolute atomic E-state index is 0.562. The third kappa shape index (κ3) is 2.86. The van der Waals surface area contributed by atoms with Crippen molar-refractivity contribution in [3.05, 3.63) is 53.3 Å². The van der Waals surface area contributed by atoms with Crippen molar-refractivity contribution in [1.29, 1.82) is 5.26 Å². The van der Waals surface area contributed by atoms with Gasteiger partial charge in [-0.05, 0) is 29.7 Å². The van der Waals surface area contributed by atoms with E-state index in [1.54, 1.807) is 0 Å². The molecule has 4 nitrogen and oxygen atoms in total. The molecule has 0 radical (unpaired) electrons. The lowest BCUT2D eigenvalue weighted by Crippen LogP contribution is -2.31. The van der Waals surface area contributed by atoms with Gasteiger partial charge in [0, 0.05) is 51.5 Å². The van der Waals surface area contributed by atoms with Crippen LogP contribution in [0.1, 0.15) is 29.2 Å². The normalized spacial score (nSPS) is 17.1. The summed E-state index contributed by atoms with van der Waals surface area (Å²) in [6.45, 7) is 2.89. The van der Waals surface area contributed by atoms with E-state index in [9.17, 15) is 0 Å². The van der Waals surface area contributed by atoms with E-state index in [0.29, 0.717) is 11.6 Å². The number of hydrogen-bond donors (Lipinski definition) is 1. The second-order valence-electron chi connectivity index (χ2n) is 6.05. The minimum Gasteiger partial charge on any atom is -0.374 e. The molecule has 1 aromatic carbocycles. The van der Waals surface area contributed by atoms with E-state index < -0.39 is 0 Å². The monoisotopic (exact) mass is 294 g/mol. The number of rotatable bonds is 4. The molecule has 1 aliphatic heterocycles. The molecule has 0 saturated heterocycles. The number of fused-ring (bicyclic) bond motifs is 1. The van der Waals surface area contributed by atoms with Crippen LogP contribution >= 0.6 is 0 Å². The number of nitrogens with one attached hydrogen (secondary N) is 1. The van der Waals surface area contributed by atoms with Gasteiger partial charge in [0.25, 0.3) is 0 Å². The molecule has 0 fully saturated rings. The third-order valence-electron chi connectivity index (χ3n) is 4.50. The zero-order valence-electron chi connectivity index (χ0n) is 13.2. The Hall–Kier alpha value is -2.25. The lowest BCUT2D eigenvalue weighted by Gasteiger charge is -2.33. The van der Waals surface area contributed by atoms with E-state index in [2.05, 4.69) is 47.6 Å². The predicted molar refractivity (Wildman–Crippen MR) is 88.9 cm³/mol. The largest absolute Gasteiger partial charge is 0.374 e. The van der Waals surface area contributed by atoms with Crippen molar-refractivity contribution in [2.75, 3.05) is 25.0 Å². The van der Waals surface area contributed by atoms with Gasteiger partial charge in [-0.15, -0.1) is 0 Å². The maximum Gasteiger partial charge on any atom is 0.120 e. The molecule has 1 aromatic heterocycles. The first-order valence-corrected chi connectivity index (χ1v) is 7.75. The molecule has 0 aliphatic carbocycles. The van der Waals surface area contributed by atoms with E-state index >= 15 is 0 Å². The molecule has 0 bridgehead atoms. The quantitative estimate of drug-likeness (QED) is 0.942. The first-order valence-electron chi connectivity index (χ1n) is 7.75. The summed E-state index contributed by atoms with van der Waals surface area (Å²) >= 11 is 0. The molecule has 0 saturated carbocycles. The Morgan fingerprint density at radius 2 is 2.14 bits per heavy atom. The summed E-state index contributed by atoms with van der Waals surface area (Å²) < 4.78 is 1.88. The van der Waals surface area contributed by atoms with E-state index in [-0.39, 0.29) is 0 Å². The molecule has 1 atom stereocenters. The van der Waals surface area contributed by atoms with Crippen LogP contribution < -0.4 is 10.2 Å². The van der Waals surface area contributed by atoms with Crippen LogP contribution in [0.15, 0.2) is 36.5 Å². The number of anilines is 1. The Balaban J connectivity index is 1.63. The fourth-order valence-corrected chi connectivity index (χ4v) is 3.25. The van der Waals surface area contributed by atoms with Gasteiger partial charge in [-0.25, -0.2) is 0 Å². The van der Waals surface area contributed by atoms with Gasteiger partial charge in [0.2, 0.25) is 0 Å². The van der Waals surface area contributed by atoms with Gasteiger partial charge in [0.1, 0.15) is 11.8 Å². The fourth-order valence-electron chi connectivity index (χ4n) is 3.25. The van der Waals surface area contributed by atoms with Gasteiger partial charge in [0.05, 0.1) is 0 Å². The van der Waals surface area contributed by atoms with Crippen LogP contribution in [0.4, 0.5) is 5.69 Å². The van der Waals surface area contributed by atoms with E-state index in [1.807, 2.05) is 23.9 Å². The molecule has 4 heteroatoms. The highest BCUT2D eigenvalue weighted by Crippen LogP contribution is 2.33. The molecule has 2 aromatic rings. The van der Waals surface area contributed by atoms with E-state index in [1.165, 1.54) is 23.2 Å². The zero-order valence-corrected chi connectivity index (χ0v) is 13.2. The average Bonchev–Trinajstić information content (AvgIpc) is 2.90. The molecule has 1 aliphatic rings. The summed E-state index contributed by atoms with van der Waals surface area (Å²) in [6.07, 6.45) is 3.20. The van der Waals surface area contributed by atoms with Gasteiger partial charge in [-0.3, -0.25) is 0 Å². The molecular formula is C18H22N4. The number of benzene rings is 1. The third-order valence-corrected chi connectivity index (χ3v) is 4.50. The maximum atomic E-state index is 9.00. The summed E-state index contributed by atoms with van der Waals surface area (Å²) in [5.74, 6) is 0.562. The topological polar surface area (TPSA) is 44.0 Å². The second-order valence-corrected chi connectivity index (χ2v) is 6.05. The maximum absolute atomic E-state index is 9.00. The first kappa shape index (κ1) is 14.7. The summed E-state index contributed by atoms with van der Waals surface area (Å²) in [5.41, 5.74) is 4.67. The Morgan fingerprint density at radius 1 is 1.32 bits per heavy atom. The minimum atomic E-state index is 0.562. The van der Waals surface area contributed by atoms with E-state index in [0.717, 1.165) is 19.6 Å². The summed E-state index contributed by atoms with van der Waals surface area (Å²) in [7, 11) is 4.07. The van der Waals surface area contributed by atoms with Crippen molar-refractivity contribution in [2.24, 2.45) is 7.05 Å². The van der Waals surface area contributed by atoms with Gasteiger partial charge in [-0.2, -0.15) is 5.26 Å². The lowest BCUT2D eigenvalue weighted by molar-refractivity contribution is 0.533.